The van der Waals surface area contributed by atoms with Crippen LogP contribution in [0.25, 0.3) is 0 Å². The number of anilines is 1. The first-order chi connectivity index (χ1) is 7.68. The molecule has 1 aromatic carbocycles. The quantitative estimate of drug-likeness (QED) is 0.780. The molecule has 1 aliphatic rings. The van der Waals surface area contributed by atoms with Gasteiger partial charge in [-0.1, -0.05) is 0 Å². The first-order valence-corrected chi connectivity index (χ1v) is 5.07. The van der Waals surface area contributed by atoms with Crippen LogP contribution in [0.2, 0.25) is 0 Å². The van der Waals surface area contributed by atoms with Crippen molar-refractivity contribution in [2.75, 3.05) is 31.2 Å². The summed E-state index contributed by atoms with van der Waals surface area (Å²) >= 11 is 0. The number of ether oxygens (including phenoxy) is 1. The van der Waals surface area contributed by atoms with Crippen LogP contribution in [0.15, 0.2) is 18.2 Å². The van der Waals surface area contributed by atoms with E-state index in [1.54, 1.807) is 6.07 Å². The van der Waals surface area contributed by atoms with Gasteiger partial charge in [-0.2, -0.15) is 0 Å². The summed E-state index contributed by atoms with van der Waals surface area (Å²) in [6.07, 6.45) is 0. The Kier molecular flexibility index (Phi) is 2.96. The van der Waals surface area contributed by atoms with Crippen LogP contribution in [0.1, 0.15) is 10.4 Å². The zero-order chi connectivity index (χ0) is 11.5. The van der Waals surface area contributed by atoms with E-state index in [0.717, 1.165) is 18.8 Å². The van der Waals surface area contributed by atoms with Crippen molar-refractivity contribution in [3.05, 3.63) is 23.8 Å². The zero-order valence-electron chi connectivity index (χ0n) is 8.72. The molecule has 0 amide bonds. The van der Waals surface area contributed by atoms with Crippen molar-refractivity contribution in [3.63, 3.8) is 0 Å². The minimum absolute atomic E-state index is 0.0657. The molecule has 0 aromatic heterocycles. The van der Waals surface area contributed by atoms with Gasteiger partial charge in [-0.25, -0.2) is 4.79 Å². The molecule has 0 bridgehead atoms. The number of aromatic hydroxyl groups is 1. The maximum absolute atomic E-state index is 10.9. The van der Waals surface area contributed by atoms with Gasteiger partial charge in [0.2, 0.25) is 0 Å². The molecule has 0 saturated carbocycles. The van der Waals surface area contributed by atoms with Crippen molar-refractivity contribution < 1.29 is 19.7 Å². The molecular formula is C11H13NO4. The molecule has 1 saturated heterocycles. The molecule has 2 N–H and O–H groups in total. The molecule has 1 fully saturated rings. The van der Waals surface area contributed by atoms with E-state index < -0.39 is 5.97 Å². The minimum Gasteiger partial charge on any atom is -0.507 e. The van der Waals surface area contributed by atoms with Crippen LogP contribution in [0.3, 0.4) is 0 Å². The normalized spacial score (nSPS) is 16.1. The van der Waals surface area contributed by atoms with E-state index in [0.29, 0.717) is 13.2 Å². The van der Waals surface area contributed by atoms with E-state index >= 15 is 0 Å². The largest absolute Gasteiger partial charge is 0.507 e. The first-order valence-electron chi connectivity index (χ1n) is 5.07. The second-order valence-electron chi connectivity index (χ2n) is 3.61. The van der Waals surface area contributed by atoms with E-state index in [1.165, 1.54) is 12.1 Å². The average Bonchev–Trinajstić information content (AvgIpc) is 2.30. The summed E-state index contributed by atoms with van der Waals surface area (Å²) in [5.41, 5.74) is 0.738. The van der Waals surface area contributed by atoms with Crippen LogP contribution in [0, 0.1) is 0 Å². The number of carbonyl (C=O) groups is 1. The van der Waals surface area contributed by atoms with Gasteiger partial charge in [-0.15, -0.1) is 0 Å². The van der Waals surface area contributed by atoms with Gasteiger partial charge in [0.05, 0.1) is 13.2 Å². The van der Waals surface area contributed by atoms with Crippen molar-refractivity contribution in [2.45, 2.75) is 0 Å². The van der Waals surface area contributed by atoms with Crippen molar-refractivity contribution in [1.29, 1.82) is 0 Å². The summed E-state index contributed by atoms with van der Waals surface area (Å²) in [6.45, 7) is 2.76. The number of benzene rings is 1. The fraction of sp³-hybridized carbons (Fsp3) is 0.364. The number of rotatable bonds is 2. The third kappa shape index (κ3) is 2.09. The summed E-state index contributed by atoms with van der Waals surface area (Å²) in [5.74, 6) is -1.32. The molecule has 5 heteroatoms. The van der Waals surface area contributed by atoms with Gasteiger partial charge in [0.25, 0.3) is 0 Å². The van der Waals surface area contributed by atoms with Gasteiger partial charge in [-0.3, -0.25) is 0 Å². The number of nitrogens with zero attached hydrogens (tertiary/aromatic N) is 1. The number of aromatic carboxylic acids is 1. The van der Waals surface area contributed by atoms with E-state index in [4.69, 9.17) is 9.84 Å². The van der Waals surface area contributed by atoms with Crippen LogP contribution in [0.4, 0.5) is 5.69 Å². The Morgan fingerprint density at radius 2 is 2.00 bits per heavy atom. The molecule has 1 aliphatic heterocycles. The van der Waals surface area contributed by atoms with Crippen LogP contribution in [0.5, 0.6) is 5.75 Å². The third-order valence-electron chi connectivity index (χ3n) is 2.59. The van der Waals surface area contributed by atoms with Crippen LogP contribution in [-0.2, 0) is 4.74 Å². The Balaban J connectivity index is 2.27. The number of morpholine rings is 1. The highest BCUT2D eigenvalue weighted by atomic mass is 16.5. The predicted molar refractivity (Wildman–Crippen MR) is 58.1 cm³/mol. The Labute approximate surface area is 92.9 Å². The molecule has 0 aliphatic carbocycles. The molecule has 0 unspecified atom stereocenters. The zero-order valence-corrected chi connectivity index (χ0v) is 8.72. The van der Waals surface area contributed by atoms with Gasteiger partial charge in [-0.05, 0) is 18.2 Å². The molecule has 1 heterocycles. The van der Waals surface area contributed by atoms with Gasteiger partial charge >= 0.3 is 5.97 Å². The lowest BCUT2D eigenvalue weighted by atomic mass is 10.1. The summed E-state index contributed by atoms with van der Waals surface area (Å²) in [4.78, 5) is 12.9. The lowest BCUT2D eigenvalue weighted by molar-refractivity contribution is 0.0694. The van der Waals surface area contributed by atoms with E-state index in [2.05, 4.69) is 0 Å². The SMILES string of the molecule is O=C(O)c1cc(N2CCOCC2)ccc1O. The monoisotopic (exact) mass is 223 g/mol. The molecule has 86 valence electrons. The number of carboxylic acid groups (broad SMARTS) is 1. The van der Waals surface area contributed by atoms with Gasteiger partial charge in [0, 0.05) is 18.8 Å². The Bertz CT molecular complexity index is 399. The number of phenols is 1. The third-order valence-corrected chi connectivity index (χ3v) is 2.59. The van der Waals surface area contributed by atoms with Gasteiger partial charge in [0.15, 0.2) is 0 Å². The van der Waals surface area contributed by atoms with E-state index in [9.17, 15) is 9.90 Å². The minimum atomic E-state index is -1.12. The topological polar surface area (TPSA) is 70.0 Å². The molecule has 1 aromatic rings. The Morgan fingerprint density at radius 3 is 2.62 bits per heavy atom. The predicted octanol–water partition coefficient (Wildman–Crippen LogP) is 0.927. The standard InChI is InChI=1S/C11H13NO4/c13-10-2-1-8(7-9(10)11(14)15)12-3-5-16-6-4-12/h1-2,7,13H,3-6H2,(H,14,15). The lowest BCUT2D eigenvalue weighted by Gasteiger charge is -2.29. The molecule has 0 radical (unpaired) electrons. The smallest absolute Gasteiger partial charge is 0.339 e. The number of hydrogen-bond donors (Lipinski definition) is 2. The Hall–Kier alpha value is -1.75. The maximum atomic E-state index is 10.9. The average molecular weight is 223 g/mol. The van der Waals surface area contributed by atoms with Crippen LogP contribution < -0.4 is 4.90 Å². The van der Waals surface area contributed by atoms with Crippen molar-refractivity contribution >= 4 is 11.7 Å². The fourth-order valence-electron chi connectivity index (χ4n) is 1.71. The summed E-state index contributed by atoms with van der Waals surface area (Å²) in [5, 5.41) is 18.3. The lowest BCUT2D eigenvalue weighted by Crippen LogP contribution is -2.36. The molecule has 16 heavy (non-hydrogen) atoms. The summed E-state index contributed by atoms with van der Waals surface area (Å²) in [7, 11) is 0. The molecule has 2 rings (SSSR count). The second kappa shape index (κ2) is 4.40. The molecule has 0 spiro atoms. The summed E-state index contributed by atoms with van der Waals surface area (Å²) < 4.78 is 5.22. The first kappa shape index (κ1) is 10.8. The van der Waals surface area contributed by atoms with Gasteiger partial charge in [0.1, 0.15) is 11.3 Å². The second-order valence-corrected chi connectivity index (χ2v) is 3.61. The molecular weight excluding hydrogens is 210 g/mol. The van der Waals surface area contributed by atoms with Crippen molar-refractivity contribution in [3.8, 4) is 5.75 Å². The highest BCUT2D eigenvalue weighted by molar-refractivity contribution is 5.92. The van der Waals surface area contributed by atoms with Crippen LogP contribution >= 0.6 is 0 Å². The van der Waals surface area contributed by atoms with Gasteiger partial charge < -0.3 is 19.8 Å². The molecule has 5 nitrogen and oxygen atoms in total. The summed E-state index contributed by atoms with van der Waals surface area (Å²) in [6, 6.07) is 4.62. The van der Waals surface area contributed by atoms with Crippen LogP contribution in [-0.4, -0.2) is 42.5 Å². The number of hydrogen-bond acceptors (Lipinski definition) is 4. The Morgan fingerprint density at radius 1 is 1.31 bits per heavy atom. The highest BCUT2D eigenvalue weighted by Gasteiger charge is 2.15. The highest BCUT2D eigenvalue weighted by Crippen LogP contribution is 2.24. The fourth-order valence-corrected chi connectivity index (χ4v) is 1.71. The van der Waals surface area contributed by atoms with Crippen molar-refractivity contribution in [2.24, 2.45) is 0 Å². The van der Waals surface area contributed by atoms with E-state index in [-0.39, 0.29) is 11.3 Å². The van der Waals surface area contributed by atoms with E-state index in [1.807, 2.05) is 4.90 Å². The van der Waals surface area contributed by atoms with Crippen molar-refractivity contribution in [1.82, 2.24) is 0 Å². The number of carboxylic acids is 1. The maximum Gasteiger partial charge on any atom is 0.339 e. The molecule has 0 atom stereocenters.